The zero-order valence-corrected chi connectivity index (χ0v) is 13.0. The van der Waals surface area contributed by atoms with Gasteiger partial charge < -0.3 is 15.8 Å². The van der Waals surface area contributed by atoms with Crippen LogP contribution in [0.25, 0.3) is 0 Å². The standard InChI is InChI=1S/C16H22N4O/c1-5-12(4)20-15-14(17)16(19-9-18-15)21-13-7-6-10(2)11(3)8-13/h6-9,12H,5,17H2,1-4H3,(H,18,19,20). The molecule has 112 valence electrons. The summed E-state index contributed by atoms with van der Waals surface area (Å²) in [5.74, 6) is 1.70. The summed E-state index contributed by atoms with van der Waals surface area (Å²) in [6.07, 6.45) is 2.44. The van der Waals surface area contributed by atoms with Gasteiger partial charge in [0.15, 0.2) is 5.82 Å². The van der Waals surface area contributed by atoms with Crippen LogP contribution in [0.5, 0.6) is 11.6 Å². The average Bonchev–Trinajstić information content (AvgIpc) is 2.47. The molecule has 0 amide bonds. The highest BCUT2D eigenvalue weighted by Gasteiger charge is 2.12. The van der Waals surface area contributed by atoms with Gasteiger partial charge in [0, 0.05) is 6.04 Å². The second-order valence-corrected chi connectivity index (χ2v) is 5.24. The molecule has 3 N–H and O–H groups in total. The minimum Gasteiger partial charge on any atom is -0.437 e. The Morgan fingerprint density at radius 3 is 2.67 bits per heavy atom. The van der Waals surface area contributed by atoms with E-state index in [2.05, 4.69) is 36.1 Å². The molecule has 1 heterocycles. The van der Waals surface area contributed by atoms with Gasteiger partial charge in [-0.25, -0.2) is 4.98 Å². The van der Waals surface area contributed by atoms with E-state index in [1.54, 1.807) is 0 Å². The Balaban J connectivity index is 2.23. The van der Waals surface area contributed by atoms with Crippen LogP contribution in [0.3, 0.4) is 0 Å². The highest BCUT2D eigenvalue weighted by Crippen LogP contribution is 2.30. The summed E-state index contributed by atoms with van der Waals surface area (Å²) in [4.78, 5) is 8.29. The van der Waals surface area contributed by atoms with Gasteiger partial charge in [0.05, 0.1) is 0 Å². The fourth-order valence-electron chi connectivity index (χ4n) is 1.80. The van der Waals surface area contributed by atoms with E-state index in [4.69, 9.17) is 10.5 Å². The fraction of sp³-hybridized carbons (Fsp3) is 0.375. The Bertz CT molecular complexity index is 628. The summed E-state index contributed by atoms with van der Waals surface area (Å²) in [5, 5.41) is 3.25. The molecule has 5 heteroatoms. The second-order valence-electron chi connectivity index (χ2n) is 5.24. The zero-order chi connectivity index (χ0) is 15.4. The minimum atomic E-state index is 0.289. The molecule has 1 aromatic heterocycles. The third-order valence-corrected chi connectivity index (χ3v) is 3.54. The molecule has 0 fully saturated rings. The number of nitrogens with one attached hydrogen (secondary N) is 1. The number of aromatic nitrogens is 2. The highest BCUT2D eigenvalue weighted by atomic mass is 16.5. The van der Waals surface area contributed by atoms with E-state index in [0.29, 0.717) is 17.4 Å². The molecule has 0 aliphatic carbocycles. The van der Waals surface area contributed by atoms with Gasteiger partial charge >= 0.3 is 0 Å². The van der Waals surface area contributed by atoms with E-state index in [1.807, 2.05) is 25.1 Å². The van der Waals surface area contributed by atoms with Crippen molar-refractivity contribution in [3.8, 4) is 11.6 Å². The molecule has 1 unspecified atom stereocenters. The SMILES string of the molecule is CCC(C)Nc1ncnc(Oc2ccc(C)c(C)c2)c1N. The van der Waals surface area contributed by atoms with E-state index >= 15 is 0 Å². The van der Waals surface area contributed by atoms with E-state index in [1.165, 1.54) is 11.9 Å². The topological polar surface area (TPSA) is 73.1 Å². The third-order valence-electron chi connectivity index (χ3n) is 3.54. The van der Waals surface area contributed by atoms with Gasteiger partial charge in [-0.15, -0.1) is 0 Å². The normalized spacial score (nSPS) is 12.0. The van der Waals surface area contributed by atoms with Crippen molar-refractivity contribution in [3.05, 3.63) is 35.7 Å². The molecule has 1 atom stereocenters. The molecule has 0 saturated carbocycles. The number of benzene rings is 1. The molecule has 0 spiro atoms. The van der Waals surface area contributed by atoms with Crippen molar-refractivity contribution in [2.24, 2.45) is 0 Å². The van der Waals surface area contributed by atoms with Crippen LogP contribution in [0.4, 0.5) is 11.5 Å². The second kappa shape index (κ2) is 6.43. The summed E-state index contributed by atoms with van der Waals surface area (Å²) >= 11 is 0. The number of aryl methyl sites for hydroxylation is 2. The molecular formula is C16H22N4O. The van der Waals surface area contributed by atoms with E-state index in [0.717, 1.165) is 17.7 Å². The van der Waals surface area contributed by atoms with E-state index in [9.17, 15) is 0 Å². The molecule has 0 aliphatic heterocycles. The van der Waals surface area contributed by atoms with Crippen LogP contribution in [-0.4, -0.2) is 16.0 Å². The molecular weight excluding hydrogens is 264 g/mol. The Morgan fingerprint density at radius 2 is 2.00 bits per heavy atom. The molecule has 0 radical (unpaired) electrons. The first kappa shape index (κ1) is 15.1. The monoisotopic (exact) mass is 286 g/mol. The molecule has 2 aromatic rings. The van der Waals surface area contributed by atoms with Crippen molar-refractivity contribution in [2.45, 2.75) is 40.2 Å². The number of nitrogens with two attached hydrogens (primary N) is 1. The summed E-state index contributed by atoms with van der Waals surface area (Å²) < 4.78 is 5.78. The number of nitrogen functional groups attached to an aromatic ring is 1. The Kier molecular flexibility index (Phi) is 4.62. The summed E-state index contributed by atoms with van der Waals surface area (Å²) in [5.41, 5.74) is 8.90. The van der Waals surface area contributed by atoms with Crippen LogP contribution < -0.4 is 15.8 Å². The quantitative estimate of drug-likeness (QED) is 0.877. The predicted molar refractivity (Wildman–Crippen MR) is 85.8 cm³/mol. The number of hydrogen-bond donors (Lipinski definition) is 2. The van der Waals surface area contributed by atoms with Crippen LogP contribution in [0.15, 0.2) is 24.5 Å². The number of hydrogen-bond acceptors (Lipinski definition) is 5. The summed E-state index contributed by atoms with van der Waals surface area (Å²) in [6.45, 7) is 8.28. The smallest absolute Gasteiger partial charge is 0.248 e. The number of rotatable bonds is 5. The lowest BCUT2D eigenvalue weighted by Crippen LogP contribution is -2.16. The van der Waals surface area contributed by atoms with Crippen molar-refractivity contribution in [2.75, 3.05) is 11.1 Å². The van der Waals surface area contributed by atoms with Crippen molar-refractivity contribution < 1.29 is 4.74 Å². The van der Waals surface area contributed by atoms with E-state index < -0.39 is 0 Å². The fourth-order valence-corrected chi connectivity index (χ4v) is 1.80. The summed E-state index contributed by atoms with van der Waals surface area (Å²) in [7, 11) is 0. The lowest BCUT2D eigenvalue weighted by Gasteiger charge is -2.15. The molecule has 0 bridgehead atoms. The van der Waals surface area contributed by atoms with Crippen molar-refractivity contribution in [1.82, 2.24) is 9.97 Å². The third kappa shape index (κ3) is 3.62. The van der Waals surface area contributed by atoms with E-state index in [-0.39, 0.29) is 6.04 Å². The number of ether oxygens (including phenoxy) is 1. The van der Waals surface area contributed by atoms with Gasteiger partial charge in [-0.2, -0.15) is 4.98 Å². The maximum Gasteiger partial charge on any atom is 0.248 e. The van der Waals surface area contributed by atoms with Gasteiger partial charge in [0.1, 0.15) is 17.8 Å². The van der Waals surface area contributed by atoms with Crippen molar-refractivity contribution in [1.29, 1.82) is 0 Å². The number of anilines is 2. The lowest BCUT2D eigenvalue weighted by molar-refractivity contribution is 0.464. The van der Waals surface area contributed by atoms with Gasteiger partial charge in [0.2, 0.25) is 5.88 Å². The predicted octanol–water partition coefficient (Wildman–Crippen LogP) is 3.68. The summed E-state index contributed by atoms with van der Waals surface area (Å²) in [6, 6.07) is 6.18. The van der Waals surface area contributed by atoms with Gasteiger partial charge in [-0.1, -0.05) is 13.0 Å². The number of nitrogens with zero attached hydrogens (tertiary/aromatic N) is 2. The average molecular weight is 286 g/mol. The van der Waals surface area contributed by atoms with Gasteiger partial charge in [-0.3, -0.25) is 0 Å². The maximum atomic E-state index is 6.09. The molecule has 2 rings (SSSR count). The minimum absolute atomic E-state index is 0.289. The van der Waals surface area contributed by atoms with Gasteiger partial charge in [-0.05, 0) is 50.5 Å². The van der Waals surface area contributed by atoms with Gasteiger partial charge in [0.25, 0.3) is 0 Å². The molecule has 5 nitrogen and oxygen atoms in total. The van der Waals surface area contributed by atoms with Crippen molar-refractivity contribution >= 4 is 11.5 Å². The van der Waals surface area contributed by atoms with Crippen LogP contribution in [0.2, 0.25) is 0 Å². The zero-order valence-electron chi connectivity index (χ0n) is 13.0. The Hall–Kier alpha value is -2.30. The largest absolute Gasteiger partial charge is 0.437 e. The molecule has 0 saturated heterocycles. The Labute approximate surface area is 125 Å². The van der Waals surface area contributed by atoms with Crippen LogP contribution in [0, 0.1) is 13.8 Å². The molecule has 1 aromatic carbocycles. The maximum absolute atomic E-state index is 6.09. The first-order chi connectivity index (χ1) is 10.0. The molecule has 21 heavy (non-hydrogen) atoms. The van der Waals surface area contributed by atoms with Crippen LogP contribution in [0.1, 0.15) is 31.4 Å². The lowest BCUT2D eigenvalue weighted by atomic mass is 10.1. The molecule has 0 aliphatic rings. The van der Waals surface area contributed by atoms with Crippen LogP contribution >= 0.6 is 0 Å². The van der Waals surface area contributed by atoms with Crippen LogP contribution in [-0.2, 0) is 0 Å². The first-order valence-corrected chi connectivity index (χ1v) is 7.13. The highest BCUT2D eigenvalue weighted by molar-refractivity contribution is 5.67. The Morgan fingerprint density at radius 1 is 1.24 bits per heavy atom. The van der Waals surface area contributed by atoms with Crippen molar-refractivity contribution in [3.63, 3.8) is 0 Å². The first-order valence-electron chi connectivity index (χ1n) is 7.13.